The number of aromatic nitrogens is 4. The minimum absolute atomic E-state index is 0.207. The van der Waals surface area contributed by atoms with E-state index in [0.717, 1.165) is 22.7 Å². The van der Waals surface area contributed by atoms with Crippen molar-refractivity contribution in [2.75, 3.05) is 0 Å². The van der Waals surface area contributed by atoms with Crippen molar-refractivity contribution in [1.82, 2.24) is 19.4 Å². The second kappa shape index (κ2) is 4.08. The molecule has 2 aromatic rings. The highest BCUT2D eigenvalue weighted by Gasteiger charge is 2.18. The van der Waals surface area contributed by atoms with E-state index in [9.17, 15) is 0 Å². The van der Waals surface area contributed by atoms with Gasteiger partial charge < -0.3 is 5.73 Å². The van der Waals surface area contributed by atoms with E-state index in [0.29, 0.717) is 0 Å². The molecule has 0 aliphatic rings. The van der Waals surface area contributed by atoms with Crippen molar-refractivity contribution in [3.63, 3.8) is 0 Å². The van der Waals surface area contributed by atoms with Gasteiger partial charge in [-0.3, -0.25) is 4.68 Å². The highest BCUT2D eigenvalue weighted by Crippen LogP contribution is 2.23. The Morgan fingerprint density at radius 2 is 2.40 bits per heavy atom. The Balaban J connectivity index is 2.31. The molecule has 0 aliphatic heterocycles. The SMILES string of the molecule is CCc1nnsc1C(N)c1ccn(C)n1. The molecule has 80 valence electrons. The molecule has 2 aromatic heterocycles. The third-order valence-electron chi connectivity index (χ3n) is 2.26. The van der Waals surface area contributed by atoms with Crippen molar-refractivity contribution >= 4 is 11.5 Å². The molecule has 0 amide bonds. The number of rotatable bonds is 3. The van der Waals surface area contributed by atoms with Crippen LogP contribution in [0.1, 0.15) is 29.2 Å². The molecule has 0 aromatic carbocycles. The fraction of sp³-hybridized carbons (Fsp3) is 0.444. The van der Waals surface area contributed by atoms with Crippen LogP contribution >= 0.6 is 11.5 Å². The summed E-state index contributed by atoms with van der Waals surface area (Å²) in [5, 5.41) is 8.33. The minimum atomic E-state index is -0.207. The van der Waals surface area contributed by atoms with Crippen molar-refractivity contribution < 1.29 is 0 Å². The molecule has 0 aliphatic carbocycles. The summed E-state index contributed by atoms with van der Waals surface area (Å²) < 4.78 is 5.67. The lowest BCUT2D eigenvalue weighted by atomic mass is 10.1. The Labute approximate surface area is 92.1 Å². The highest BCUT2D eigenvalue weighted by atomic mass is 32.1. The highest BCUT2D eigenvalue weighted by molar-refractivity contribution is 7.05. The first-order valence-corrected chi connectivity index (χ1v) is 5.56. The Bertz CT molecular complexity index is 447. The van der Waals surface area contributed by atoms with Crippen LogP contribution in [0.4, 0.5) is 0 Å². The number of hydrogen-bond acceptors (Lipinski definition) is 5. The van der Waals surface area contributed by atoms with Gasteiger partial charge in [-0.15, -0.1) is 5.10 Å². The maximum atomic E-state index is 6.11. The summed E-state index contributed by atoms with van der Waals surface area (Å²) in [6.45, 7) is 2.05. The van der Waals surface area contributed by atoms with E-state index in [1.807, 2.05) is 26.2 Å². The van der Waals surface area contributed by atoms with Gasteiger partial charge in [-0.05, 0) is 24.0 Å². The van der Waals surface area contributed by atoms with E-state index in [1.165, 1.54) is 11.5 Å². The molecular formula is C9H13N5S. The van der Waals surface area contributed by atoms with Gasteiger partial charge in [-0.1, -0.05) is 11.4 Å². The van der Waals surface area contributed by atoms with Gasteiger partial charge in [-0.2, -0.15) is 5.10 Å². The third-order valence-corrected chi connectivity index (χ3v) is 3.10. The van der Waals surface area contributed by atoms with Gasteiger partial charge in [0.25, 0.3) is 0 Å². The van der Waals surface area contributed by atoms with Crippen molar-refractivity contribution in [1.29, 1.82) is 0 Å². The van der Waals surface area contributed by atoms with Crippen molar-refractivity contribution in [2.45, 2.75) is 19.4 Å². The Morgan fingerprint density at radius 1 is 1.60 bits per heavy atom. The van der Waals surface area contributed by atoms with E-state index < -0.39 is 0 Å². The van der Waals surface area contributed by atoms with Gasteiger partial charge in [-0.25, -0.2) is 0 Å². The summed E-state index contributed by atoms with van der Waals surface area (Å²) in [7, 11) is 1.88. The molecule has 0 radical (unpaired) electrons. The van der Waals surface area contributed by atoms with Crippen LogP contribution in [0, 0.1) is 0 Å². The Kier molecular flexibility index (Phi) is 2.79. The van der Waals surface area contributed by atoms with Crippen LogP contribution in [0.5, 0.6) is 0 Å². The quantitative estimate of drug-likeness (QED) is 0.838. The first-order chi connectivity index (χ1) is 7.22. The summed E-state index contributed by atoms with van der Waals surface area (Å²) in [4.78, 5) is 1.01. The monoisotopic (exact) mass is 223 g/mol. The van der Waals surface area contributed by atoms with Gasteiger partial charge >= 0.3 is 0 Å². The average Bonchev–Trinajstić information content (AvgIpc) is 2.84. The summed E-state index contributed by atoms with van der Waals surface area (Å²) in [6.07, 6.45) is 2.74. The van der Waals surface area contributed by atoms with E-state index in [2.05, 4.69) is 14.7 Å². The van der Waals surface area contributed by atoms with Crippen LogP contribution in [-0.4, -0.2) is 19.4 Å². The van der Waals surface area contributed by atoms with Crippen LogP contribution in [0.2, 0.25) is 0 Å². The standard InChI is InChI=1S/C9H13N5S/c1-3-6-9(15-13-11-6)8(10)7-4-5-14(2)12-7/h4-5,8H,3,10H2,1-2H3. The molecule has 1 atom stereocenters. The van der Waals surface area contributed by atoms with Gasteiger partial charge in [0.2, 0.25) is 0 Å². The normalized spacial score (nSPS) is 13.0. The third kappa shape index (κ3) is 1.91. The second-order valence-corrected chi connectivity index (χ2v) is 4.12. The zero-order valence-electron chi connectivity index (χ0n) is 8.71. The zero-order valence-corrected chi connectivity index (χ0v) is 9.53. The van der Waals surface area contributed by atoms with E-state index in [4.69, 9.17) is 5.73 Å². The smallest absolute Gasteiger partial charge is 0.0874 e. The Hall–Kier alpha value is -1.27. The van der Waals surface area contributed by atoms with E-state index in [-0.39, 0.29) is 6.04 Å². The van der Waals surface area contributed by atoms with Crippen LogP contribution in [0.25, 0.3) is 0 Å². The number of nitrogens with zero attached hydrogens (tertiary/aromatic N) is 4. The summed E-state index contributed by atoms with van der Waals surface area (Å²) in [5.41, 5.74) is 7.94. The van der Waals surface area contributed by atoms with Crippen LogP contribution in [0.15, 0.2) is 12.3 Å². The molecule has 0 saturated carbocycles. The summed E-state index contributed by atoms with van der Waals surface area (Å²) >= 11 is 1.35. The number of nitrogens with two attached hydrogens (primary N) is 1. The lowest BCUT2D eigenvalue weighted by molar-refractivity contribution is 0.716. The lowest BCUT2D eigenvalue weighted by Gasteiger charge is -2.06. The molecule has 1 unspecified atom stereocenters. The number of hydrogen-bond donors (Lipinski definition) is 1. The summed E-state index contributed by atoms with van der Waals surface area (Å²) in [6, 6.07) is 1.71. The van der Waals surface area contributed by atoms with Crippen LogP contribution in [-0.2, 0) is 13.5 Å². The molecule has 15 heavy (non-hydrogen) atoms. The zero-order chi connectivity index (χ0) is 10.8. The molecule has 0 spiro atoms. The first-order valence-electron chi connectivity index (χ1n) is 4.78. The largest absolute Gasteiger partial charge is 0.318 e. The molecule has 6 heteroatoms. The van der Waals surface area contributed by atoms with Crippen LogP contribution in [0.3, 0.4) is 0 Å². The minimum Gasteiger partial charge on any atom is -0.318 e. The lowest BCUT2D eigenvalue weighted by Crippen LogP contribution is -2.13. The van der Waals surface area contributed by atoms with E-state index in [1.54, 1.807) is 4.68 Å². The number of aryl methyl sites for hydroxylation is 2. The molecular weight excluding hydrogens is 210 g/mol. The Morgan fingerprint density at radius 3 is 3.00 bits per heavy atom. The predicted octanol–water partition coefficient (Wildman–Crippen LogP) is 0.882. The fourth-order valence-corrected chi connectivity index (χ4v) is 2.18. The molecule has 5 nitrogen and oxygen atoms in total. The molecule has 0 saturated heterocycles. The van der Waals surface area contributed by atoms with Gasteiger partial charge in [0, 0.05) is 13.2 Å². The maximum Gasteiger partial charge on any atom is 0.0874 e. The van der Waals surface area contributed by atoms with Crippen molar-refractivity contribution in [3.8, 4) is 0 Å². The van der Waals surface area contributed by atoms with Crippen LogP contribution < -0.4 is 5.73 Å². The predicted molar refractivity (Wildman–Crippen MR) is 58.5 cm³/mol. The van der Waals surface area contributed by atoms with Crippen molar-refractivity contribution in [3.05, 3.63) is 28.5 Å². The maximum absolute atomic E-state index is 6.11. The fourth-order valence-electron chi connectivity index (χ4n) is 1.43. The van der Waals surface area contributed by atoms with Gasteiger partial charge in [0.1, 0.15) is 0 Å². The molecule has 2 N–H and O–H groups in total. The van der Waals surface area contributed by atoms with Gasteiger partial charge in [0.15, 0.2) is 0 Å². The first kappa shape index (κ1) is 10.3. The topological polar surface area (TPSA) is 69.6 Å². The van der Waals surface area contributed by atoms with E-state index >= 15 is 0 Å². The molecule has 2 heterocycles. The molecule has 0 bridgehead atoms. The van der Waals surface area contributed by atoms with Crippen molar-refractivity contribution in [2.24, 2.45) is 12.8 Å². The average molecular weight is 223 g/mol. The molecule has 2 rings (SSSR count). The second-order valence-electron chi connectivity index (χ2n) is 3.33. The summed E-state index contributed by atoms with van der Waals surface area (Å²) in [5.74, 6) is 0. The molecule has 0 fully saturated rings. The van der Waals surface area contributed by atoms with Gasteiger partial charge in [0.05, 0.1) is 22.3 Å².